The minimum Gasteiger partial charge on any atom is -0.196 e. The first-order valence-corrected chi connectivity index (χ1v) is 5.39. The summed E-state index contributed by atoms with van der Waals surface area (Å²) in [6.45, 7) is 1.82. The molecule has 0 radical (unpaired) electrons. The van der Waals surface area contributed by atoms with Crippen LogP contribution in [0, 0.1) is 6.92 Å². The summed E-state index contributed by atoms with van der Waals surface area (Å²) in [6, 6.07) is 5.42. The first-order chi connectivity index (χ1) is 7.66. The van der Waals surface area contributed by atoms with Crippen molar-refractivity contribution in [3.05, 3.63) is 34.2 Å². The molecule has 80 valence electrons. The van der Waals surface area contributed by atoms with Gasteiger partial charge in [0.2, 0.25) is 0 Å². The molecule has 2 aromatic heterocycles. The van der Waals surface area contributed by atoms with E-state index < -0.39 is 0 Å². The Bertz CT molecular complexity index is 705. The maximum Gasteiger partial charge on any atom is 0.185 e. The molecule has 0 N–H and O–H groups in total. The van der Waals surface area contributed by atoms with Gasteiger partial charge in [0.15, 0.2) is 16.6 Å². The summed E-state index contributed by atoms with van der Waals surface area (Å²) in [5.41, 5.74) is 0.666. The van der Waals surface area contributed by atoms with Crippen LogP contribution < -0.4 is 0 Å². The standard InChI is InChI=1S/C10H6Cl2N4/c1-5-13-14-10-8-4-6(11)2-3-7(8)9(12)15-16(5)10/h2-4H,1H3. The predicted molar refractivity (Wildman–Crippen MR) is 63.0 cm³/mol. The van der Waals surface area contributed by atoms with Crippen LogP contribution in [0.3, 0.4) is 0 Å². The van der Waals surface area contributed by atoms with E-state index in [-0.39, 0.29) is 0 Å². The highest BCUT2D eigenvalue weighted by molar-refractivity contribution is 6.35. The van der Waals surface area contributed by atoms with Crippen molar-refractivity contribution in [2.75, 3.05) is 0 Å². The van der Waals surface area contributed by atoms with E-state index in [1.165, 1.54) is 0 Å². The van der Waals surface area contributed by atoms with Gasteiger partial charge in [0.25, 0.3) is 0 Å². The van der Waals surface area contributed by atoms with E-state index in [4.69, 9.17) is 23.2 Å². The predicted octanol–water partition coefficient (Wildman–Crippen LogP) is 2.89. The molecule has 0 aliphatic rings. The van der Waals surface area contributed by atoms with E-state index in [0.717, 1.165) is 10.8 Å². The van der Waals surface area contributed by atoms with E-state index >= 15 is 0 Å². The highest BCUT2D eigenvalue weighted by atomic mass is 35.5. The number of hydrogen-bond acceptors (Lipinski definition) is 3. The van der Waals surface area contributed by atoms with Crippen LogP contribution in [0.4, 0.5) is 0 Å². The van der Waals surface area contributed by atoms with Crippen LogP contribution in [0.25, 0.3) is 16.4 Å². The molecule has 16 heavy (non-hydrogen) atoms. The van der Waals surface area contributed by atoms with E-state index in [1.54, 1.807) is 10.6 Å². The van der Waals surface area contributed by atoms with Gasteiger partial charge < -0.3 is 0 Å². The lowest BCUT2D eigenvalue weighted by molar-refractivity contribution is 0.882. The normalized spacial score (nSPS) is 11.4. The molecule has 0 saturated carbocycles. The van der Waals surface area contributed by atoms with Crippen molar-refractivity contribution in [1.29, 1.82) is 0 Å². The molecule has 0 unspecified atom stereocenters. The maximum atomic E-state index is 6.09. The van der Waals surface area contributed by atoms with Crippen LogP contribution >= 0.6 is 23.2 Å². The quantitative estimate of drug-likeness (QED) is 0.618. The molecule has 2 heterocycles. The van der Waals surface area contributed by atoms with Gasteiger partial charge in [0, 0.05) is 15.8 Å². The van der Waals surface area contributed by atoms with E-state index in [2.05, 4.69) is 15.3 Å². The number of benzene rings is 1. The van der Waals surface area contributed by atoms with Gasteiger partial charge in [-0.15, -0.1) is 10.2 Å². The van der Waals surface area contributed by atoms with Gasteiger partial charge in [-0.1, -0.05) is 23.2 Å². The zero-order valence-electron chi connectivity index (χ0n) is 8.28. The number of nitrogens with zero attached hydrogens (tertiary/aromatic N) is 4. The second-order valence-electron chi connectivity index (χ2n) is 3.46. The van der Waals surface area contributed by atoms with Crippen LogP contribution in [-0.2, 0) is 0 Å². The van der Waals surface area contributed by atoms with Crippen LogP contribution in [0.15, 0.2) is 18.2 Å². The Morgan fingerprint density at radius 3 is 2.75 bits per heavy atom. The fraction of sp³-hybridized carbons (Fsp3) is 0.100. The van der Waals surface area contributed by atoms with Gasteiger partial charge in [0.1, 0.15) is 0 Å². The summed E-state index contributed by atoms with van der Waals surface area (Å²) in [5, 5.41) is 15.0. The van der Waals surface area contributed by atoms with Crippen molar-refractivity contribution in [2.24, 2.45) is 0 Å². The van der Waals surface area contributed by atoms with Gasteiger partial charge in [-0.3, -0.25) is 0 Å². The van der Waals surface area contributed by atoms with Crippen molar-refractivity contribution >= 4 is 39.6 Å². The summed E-state index contributed by atoms with van der Waals surface area (Å²) in [5.74, 6) is 0.693. The number of aryl methyl sites for hydroxylation is 1. The molecule has 4 nitrogen and oxygen atoms in total. The molecule has 0 spiro atoms. The lowest BCUT2D eigenvalue weighted by atomic mass is 10.2. The van der Waals surface area contributed by atoms with Crippen LogP contribution in [-0.4, -0.2) is 19.8 Å². The molecular formula is C10H6Cl2N4. The first kappa shape index (κ1) is 9.81. The van der Waals surface area contributed by atoms with Gasteiger partial charge in [0.05, 0.1) is 0 Å². The van der Waals surface area contributed by atoms with E-state index in [1.807, 2.05) is 19.1 Å². The third-order valence-electron chi connectivity index (χ3n) is 2.43. The molecule has 6 heteroatoms. The van der Waals surface area contributed by atoms with Crippen molar-refractivity contribution in [3.63, 3.8) is 0 Å². The second kappa shape index (κ2) is 3.30. The minimum atomic E-state index is 0.419. The molecule has 0 bridgehead atoms. The summed E-state index contributed by atoms with van der Waals surface area (Å²) in [7, 11) is 0. The maximum absolute atomic E-state index is 6.09. The Morgan fingerprint density at radius 1 is 1.12 bits per heavy atom. The average molecular weight is 253 g/mol. The third-order valence-corrected chi connectivity index (χ3v) is 2.94. The van der Waals surface area contributed by atoms with Crippen molar-refractivity contribution in [2.45, 2.75) is 6.92 Å². The lowest BCUT2D eigenvalue weighted by Gasteiger charge is -2.02. The Kier molecular flexibility index (Phi) is 2.02. The first-order valence-electron chi connectivity index (χ1n) is 4.63. The summed E-state index contributed by atoms with van der Waals surface area (Å²) >= 11 is 12.0. The summed E-state index contributed by atoms with van der Waals surface area (Å²) in [4.78, 5) is 0. The van der Waals surface area contributed by atoms with Gasteiger partial charge in [-0.2, -0.15) is 9.61 Å². The molecule has 0 saturated heterocycles. The Morgan fingerprint density at radius 2 is 1.94 bits per heavy atom. The molecule has 0 atom stereocenters. The zero-order valence-corrected chi connectivity index (χ0v) is 9.79. The van der Waals surface area contributed by atoms with Crippen LogP contribution in [0.2, 0.25) is 10.2 Å². The molecule has 3 rings (SSSR count). The smallest absolute Gasteiger partial charge is 0.185 e. The number of rotatable bonds is 0. The lowest BCUT2D eigenvalue weighted by Crippen LogP contribution is -1.96. The van der Waals surface area contributed by atoms with Crippen molar-refractivity contribution in [3.8, 4) is 0 Å². The van der Waals surface area contributed by atoms with Crippen molar-refractivity contribution < 1.29 is 0 Å². The molecular weight excluding hydrogens is 247 g/mol. The second-order valence-corrected chi connectivity index (χ2v) is 4.26. The largest absolute Gasteiger partial charge is 0.196 e. The van der Waals surface area contributed by atoms with Gasteiger partial charge in [-0.05, 0) is 25.1 Å². The zero-order chi connectivity index (χ0) is 11.3. The highest BCUT2D eigenvalue weighted by Gasteiger charge is 2.11. The summed E-state index contributed by atoms with van der Waals surface area (Å²) < 4.78 is 1.61. The van der Waals surface area contributed by atoms with Crippen molar-refractivity contribution in [1.82, 2.24) is 19.8 Å². The molecule has 0 amide bonds. The van der Waals surface area contributed by atoms with Crippen LogP contribution in [0.1, 0.15) is 5.82 Å². The molecule has 3 aromatic rings. The molecule has 0 fully saturated rings. The Balaban J connectivity index is 2.62. The topological polar surface area (TPSA) is 43.1 Å². The monoisotopic (exact) mass is 252 g/mol. The summed E-state index contributed by atoms with van der Waals surface area (Å²) in [6.07, 6.45) is 0. The Hall–Kier alpha value is -1.39. The number of halogens is 2. The van der Waals surface area contributed by atoms with Gasteiger partial charge in [-0.25, -0.2) is 0 Å². The van der Waals surface area contributed by atoms with E-state index in [0.29, 0.717) is 21.6 Å². The number of fused-ring (bicyclic) bond motifs is 3. The molecule has 0 aliphatic carbocycles. The number of aromatic nitrogens is 4. The fourth-order valence-corrected chi connectivity index (χ4v) is 2.08. The number of hydrogen-bond donors (Lipinski definition) is 0. The minimum absolute atomic E-state index is 0.419. The average Bonchev–Trinajstić information content (AvgIpc) is 2.61. The Labute approximate surface area is 101 Å². The van der Waals surface area contributed by atoms with Gasteiger partial charge >= 0.3 is 0 Å². The highest BCUT2D eigenvalue weighted by Crippen LogP contribution is 2.27. The SMILES string of the molecule is Cc1nnc2c3cc(Cl)ccc3c(Cl)nn12. The third kappa shape index (κ3) is 1.27. The fourth-order valence-electron chi connectivity index (χ4n) is 1.67. The van der Waals surface area contributed by atoms with E-state index in [9.17, 15) is 0 Å². The molecule has 0 aliphatic heterocycles. The molecule has 1 aromatic carbocycles. The van der Waals surface area contributed by atoms with Crippen LogP contribution in [0.5, 0.6) is 0 Å².